The molecule has 20 heavy (non-hydrogen) atoms. The molecule has 0 fully saturated rings. The van der Waals surface area contributed by atoms with Gasteiger partial charge >= 0.3 is 0 Å². The van der Waals surface area contributed by atoms with Crippen LogP contribution >= 0.6 is 11.6 Å². The predicted octanol–water partition coefficient (Wildman–Crippen LogP) is 3.52. The van der Waals surface area contributed by atoms with E-state index in [0.29, 0.717) is 16.3 Å². The molecule has 2 N–H and O–H groups in total. The molecule has 4 nitrogen and oxygen atoms in total. The second-order valence-electron chi connectivity index (χ2n) is 4.32. The number of aromatic hydroxyl groups is 2. The Morgan fingerprint density at radius 1 is 1.05 bits per heavy atom. The van der Waals surface area contributed by atoms with E-state index in [4.69, 9.17) is 16.0 Å². The average Bonchev–Trinajstić information content (AvgIpc) is 2.37. The average molecular weight is 289 g/mol. The lowest BCUT2D eigenvalue weighted by atomic mass is 10.1. The third-order valence-electron chi connectivity index (χ3n) is 2.90. The highest BCUT2D eigenvalue weighted by molar-refractivity contribution is 6.30. The van der Waals surface area contributed by atoms with E-state index in [-0.39, 0.29) is 22.5 Å². The van der Waals surface area contributed by atoms with Crippen LogP contribution in [0.25, 0.3) is 22.3 Å². The highest BCUT2D eigenvalue weighted by atomic mass is 35.5. The molecule has 5 heteroatoms. The highest BCUT2D eigenvalue weighted by Gasteiger charge is 2.12. The van der Waals surface area contributed by atoms with E-state index >= 15 is 0 Å². The molecule has 100 valence electrons. The molecule has 0 aliphatic rings. The first-order chi connectivity index (χ1) is 9.54. The van der Waals surface area contributed by atoms with E-state index in [1.165, 1.54) is 12.1 Å². The van der Waals surface area contributed by atoms with Gasteiger partial charge in [0, 0.05) is 28.8 Å². The van der Waals surface area contributed by atoms with Gasteiger partial charge in [-0.05, 0) is 12.1 Å². The van der Waals surface area contributed by atoms with Crippen molar-refractivity contribution in [2.24, 2.45) is 0 Å². The summed E-state index contributed by atoms with van der Waals surface area (Å²) in [6, 6.07) is 10.5. The number of halogens is 1. The van der Waals surface area contributed by atoms with Crippen molar-refractivity contribution in [1.82, 2.24) is 0 Å². The Balaban J connectivity index is 2.32. The van der Waals surface area contributed by atoms with Gasteiger partial charge in [-0.25, -0.2) is 0 Å². The van der Waals surface area contributed by atoms with Crippen LogP contribution in [0.2, 0.25) is 5.02 Å². The topological polar surface area (TPSA) is 70.7 Å². The van der Waals surface area contributed by atoms with E-state index < -0.39 is 5.43 Å². The largest absolute Gasteiger partial charge is 0.508 e. The number of benzene rings is 2. The van der Waals surface area contributed by atoms with Crippen molar-refractivity contribution in [3.05, 3.63) is 57.7 Å². The van der Waals surface area contributed by atoms with Gasteiger partial charge in [-0.1, -0.05) is 23.7 Å². The van der Waals surface area contributed by atoms with Crippen molar-refractivity contribution in [2.45, 2.75) is 0 Å². The summed E-state index contributed by atoms with van der Waals surface area (Å²) in [5, 5.41) is 19.7. The van der Waals surface area contributed by atoms with Crippen molar-refractivity contribution in [1.29, 1.82) is 0 Å². The molecule has 2 aromatic carbocycles. The van der Waals surface area contributed by atoms with Crippen LogP contribution in [0.15, 0.2) is 51.7 Å². The van der Waals surface area contributed by atoms with Crippen LogP contribution in [0, 0.1) is 0 Å². The maximum atomic E-state index is 12.1. The number of hydrogen-bond donors (Lipinski definition) is 2. The molecule has 0 aliphatic heterocycles. The van der Waals surface area contributed by atoms with Gasteiger partial charge in [0.2, 0.25) is 0 Å². The van der Waals surface area contributed by atoms with Crippen molar-refractivity contribution < 1.29 is 14.6 Å². The molecule has 0 aliphatic carbocycles. The Bertz CT molecular complexity index is 867. The van der Waals surface area contributed by atoms with Gasteiger partial charge in [0.25, 0.3) is 0 Å². The van der Waals surface area contributed by atoms with Crippen LogP contribution < -0.4 is 5.43 Å². The lowest BCUT2D eigenvalue weighted by Gasteiger charge is -2.05. The van der Waals surface area contributed by atoms with Gasteiger partial charge in [0.05, 0.1) is 0 Å². The Kier molecular flexibility index (Phi) is 2.88. The van der Waals surface area contributed by atoms with E-state index in [2.05, 4.69) is 0 Å². The zero-order chi connectivity index (χ0) is 14.3. The van der Waals surface area contributed by atoms with Gasteiger partial charge in [-0.3, -0.25) is 4.79 Å². The smallest absolute Gasteiger partial charge is 0.197 e. The van der Waals surface area contributed by atoms with E-state index in [1.807, 2.05) is 0 Å². The van der Waals surface area contributed by atoms with Crippen LogP contribution in [-0.2, 0) is 0 Å². The van der Waals surface area contributed by atoms with Gasteiger partial charge in [-0.15, -0.1) is 0 Å². The Labute approximate surface area is 118 Å². The van der Waals surface area contributed by atoms with E-state index in [1.54, 1.807) is 24.3 Å². The summed E-state index contributed by atoms with van der Waals surface area (Å²) >= 11 is 5.90. The summed E-state index contributed by atoms with van der Waals surface area (Å²) in [4.78, 5) is 12.1. The molecule has 0 unspecified atom stereocenters. The zero-order valence-corrected chi connectivity index (χ0v) is 10.9. The maximum absolute atomic E-state index is 12.1. The van der Waals surface area contributed by atoms with Crippen LogP contribution in [-0.4, -0.2) is 10.2 Å². The van der Waals surface area contributed by atoms with Crippen molar-refractivity contribution in [3.8, 4) is 22.8 Å². The molecule has 0 radical (unpaired) electrons. The Hall–Kier alpha value is -2.46. The summed E-state index contributed by atoms with van der Waals surface area (Å²) in [5.41, 5.74) is 0.364. The second kappa shape index (κ2) is 4.58. The number of phenols is 2. The fraction of sp³-hybridized carbons (Fsp3) is 0. The summed E-state index contributed by atoms with van der Waals surface area (Å²) in [6.45, 7) is 0. The summed E-state index contributed by atoms with van der Waals surface area (Å²) < 4.78 is 5.57. The van der Waals surface area contributed by atoms with Crippen molar-refractivity contribution in [2.75, 3.05) is 0 Å². The third-order valence-corrected chi connectivity index (χ3v) is 3.14. The lowest BCUT2D eigenvalue weighted by molar-refractivity contribution is 0.452. The van der Waals surface area contributed by atoms with Crippen LogP contribution in [0.3, 0.4) is 0 Å². The zero-order valence-electron chi connectivity index (χ0n) is 10.1. The first-order valence-electron chi connectivity index (χ1n) is 5.80. The minimum Gasteiger partial charge on any atom is -0.508 e. The molecule has 3 aromatic rings. The summed E-state index contributed by atoms with van der Waals surface area (Å²) in [7, 11) is 0. The first-order valence-corrected chi connectivity index (χ1v) is 6.18. The molecule has 0 atom stereocenters. The Morgan fingerprint density at radius 2 is 1.85 bits per heavy atom. The number of rotatable bonds is 1. The van der Waals surface area contributed by atoms with Crippen molar-refractivity contribution >= 4 is 22.6 Å². The quantitative estimate of drug-likeness (QED) is 0.718. The van der Waals surface area contributed by atoms with Gasteiger partial charge in [0.1, 0.15) is 28.2 Å². The van der Waals surface area contributed by atoms with E-state index in [9.17, 15) is 15.0 Å². The SMILES string of the molecule is O=c1cc(-c2cccc(Cl)c2)oc2cc(O)cc(O)c12. The molecule has 1 heterocycles. The molecule has 3 rings (SSSR count). The molecule has 0 saturated carbocycles. The molecule has 0 bridgehead atoms. The lowest BCUT2D eigenvalue weighted by Crippen LogP contribution is -2.00. The molecular formula is C15H9ClO4. The second-order valence-corrected chi connectivity index (χ2v) is 4.76. The van der Waals surface area contributed by atoms with Crippen molar-refractivity contribution in [3.63, 3.8) is 0 Å². The minimum absolute atomic E-state index is 0.0357. The van der Waals surface area contributed by atoms with Crippen LogP contribution in [0.5, 0.6) is 11.5 Å². The fourth-order valence-electron chi connectivity index (χ4n) is 2.04. The number of phenolic OH excluding ortho intramolecular Hbond substituents is 2. The monoisotopic (exact) mass is 288 g/mol. The van der Waals surface area contributed by atoms with Crippen LogP contribution in [0.4, 0.5) is 0 Å². The molecule has 0 saturated heterocycles. The molecule has 0 spiro atoms. The highest BCUT2D eigenvalue weighted by Crippen LogP contribution is 2.30. The first kappa shape index (κ1) is 12.6. The third kappa shape index (κ3) is 2.10. The van der Waals surface area contributed by atoms with Gasteiger partial charge in [0.15, 0.2) is 5.43 Å². The Morgan fingerprint density at radius 3 is 2.60 bits per heavy atom. The normalized spacial score (nSPS) is 10.8. The van der Waals surface area contributed by atoms with E-state index in [0.717, 1.165) is 6.07 Å². The standard InChI is InChI=1S/C15H9ClO4/c16-9-3-1-2-8(4-9)13-7-12(19)15-11(18)5-10(17)6-14(15)20-13/h1-7,17-18H. The van der Waals surface area contributed by atoms with Crippen LogP contribution in [0.1, 0.15) is 0 Å². The molecular weight excluding hydrogens is 280 g/mol. The maximum Gasteiger partial charge on any atom is 0.197 e. The molecule has 0 amide bonds. The van der Waals surface area contributed by atoms with Gasteiger partial charge in [-0.2, -0.15) is 0 Å². The predicted molar refractivity (Wildman–Crippen MR) is 76.3 cm³/mol. The summed E-state index contributed by atoms with van der Waals surface area (Å²) in [6.07, 6.45) is 0. The fourth-order valence-corrected chi connectivity index (χ4v) is 2.23. The molecule has 1 aromatic heterocycles. The van der Waals surface area contributed by atoms with Gasteiger partial charge < -0.3 is 14.6 Å². The number of hydrogen-bond acceptors (Lipinski definition) is 4. The number of fused-ring (bicyclic) bond motifs is 1. The minimum atomic E-state index is -0.390. The summed E-state index contributed by atoms with van der Waals surface area (Å²) in [5.74, 6) is -0.178.